The van der Waals surface area contributed by atoms with E-state index in [1.165, 1.54) is 11.8 Å². The number of rotatable bonds is 7. The maximum atomic E-state index is 11.9. The van der Waals surface area contributed by atoms with Crippen molar-refractivity contribution in [3.63, 3.8) is 0 Å². The monoisotopic (exact) mass is 312 g/mol. The van der Waals surface area contributed by atoms with Crippen LogP contribution in [0.4, 0.5) is 0 Å². The lowest BCUT2D eigenvalue weighted by atomic mass is 10.4. The summed E-state index contributed by atoms with van der Waals surface area (Å²) in [5, 5.41) is 11.3. The number of ether oxygens (including phenoxy) is 1. The molecular weight excluding hydrogens is 292 g/mol. The van der Waals surface area contributed by atoms with Crippen molar-refractivity contribution >= 4 is 23.6 Å². The number of hydrogen-bond donors (Lipinski definition) is 1. The first-order valence-electron chi connectivity index (χ1n) is 7.02. The van der Waals surface area contributed by atoms with E-state index >= 15 is 0 Å². The lowest BCUT2D eigenvalue weighted by Gasteiger charge is -2.10. The van der Waals surface area contributed by atoms with Crippen molar-refractivity contribution in [1.29, 1.82) is 0 Å². The predicted molar refractivity (Wildman–Crippen MR) is 77.8 cm³/mol. The third-order valence-electron chi connectivity index (χ3n) is 3.11. The van der Waals surface area contributed by atoms with Crippen molar-refractivity contribution in [1.82, 2.24) is 20.1 Å². The molecule has 1 fully saturated rings. The predicted octanol–water partition coefficient (Wildman–Crippen LogP) is 0.680. The molecule has 0 unspecified atom stereocenters. The van der Waals surface area contributed by atoms with Crippen LogP contribution in [0.5, 0.6) is 0 Å². The van der Waals surface area contributed by atoms with E-state index in [1.807, 2.05) is 6.92 Å². The second-order valence-electron chi connectivity index (χ2n) is 4.98. The average Bonchev–Trinajstić information content (AvgIpc) is 3.19. The van der Waals surface area contributed by atoms with Gasteiger partial charge in [0.1, 0.15) is 12.2 Å². The van der Waals surface area contributed by atoms with Gasteiger partial charge >= 0.3 is 5.97 Å². The van der Waals surface area contributed by atoms with Crippen molar-refractivity contribution in [3.05, 3.63) is 5.82 Å². The zero-order valence-corrected chi connectivity index (χ0v) is 13.3. The number of nitrogens with one attached hydrogen (secondary N) is 1. The summed E-state index contributed by atoms with van der Waals surface area (Å²) in [5.41, 5.74) is 0. The normalized spacial score (nSPS) is 15.6. The molecule has 1 aliphatic rings. The fourth-order valence-corrected chi connectivity index (χ4v) is 2.54. The maximum absolute atomic E-state index is 11.9. The second-order valence-corrected chi connectivity index (χ2v) is 6.29. The fourth-order valence-electron chi connectivity index (χ4n) is 1.70. The molecule has 1 heterocycles. The molecule has 1 aromatic rings. The molecule has 21 heavy (non-hydrogen) atoms. The highest BCUT2D eigenvalue weighted by atomic mass is 32.2. The Kier molecular flexibility index (Phi) is 5.22. The highest BCUT2D eigenvalue weighted by molar-refractivity contribution is 8.00. The van der Waals surface area contributed by atoms with Crippen LogP contribution in [0.3, 0.4) is 0 Å². The Morgan fingerprint density at radius 3 is 2.81 bits per heavy atom. The van der Waals surface area contributed by atoms with Crippen LogP contribution in [-0.4, -0.2) is 44.5 Å². The summed E-state index contributed by atoms with van der Waals surface area (Å²) in [6.45, 7) is 3.94. The molecule has 0 radical (unpaired) electrons. The van der Waals surface area contributed by atoms with E-state index in [0.717, 1.165) is 12.8 Å². The second kappa shape index (κ2) is 6.93. The van der Waals surface area contributed by atoms with Gasteiger partial charge in [0.15, 0.2) is 5.16 Å². The van der Waals surface area contributed by atoms with E-state index < -0.39 is 0 Å². The Balaban J connectivity index is 1.92. The van der Waals surface area contributed by atoms with Gasteiger partial charge in [-0.05, 0) is 26.7 Å². The Bertz CT molecular complexity index is 527. The SMILES string of the molecule is CCOC(=O)Cc1nnc(S[C@@H](C)C(=O)NC2CC2)n1C. The first-order chi connectivity index (χ1) is 10.0. The van der Waals surface area contributed by atoms with Gasteiger partial charge in [-0.25, -0.2) is 0 Å². The molecule has 7 nitrogen and oxygen atoms in total. The first-order valence-corrected chi connectivity index (χ1v) is 7.90. The summed E-state index contributed by atoms with van der Waals surface area (Å²) in [5.74, 6) is 0.215. The number of amides is 1. The summed E-state index contributed by atoms with van der Waals surface area (Å²) >= 11 is 1.33. The van der Waals surface area contributed by atoms with Crippen LogP contribution in [0.15, 0.2) is 5.16 Å². The number of nitrogens with zero attached hydrogens (tertiary/aromatic N) is 3. The number of hydrogen-bond acceptors (Lipinski definition) is 6. The van der Waals surface area contributed by atoms with Gasteiger partial charge < -0.3 is 14.6 Å². The van der Waals surface area contributed by atoms with E-state index in [4.69, 9.17) is 4.74 Å². The molecule has 116 valence electrons. The number of carbonyl (C=O) groups is 2. The molecule has 1 aliphatic carbocycles. The van der Waals surface area contributed by atoms with Crippen LogP contribution >= 0.6 is 11.8 Å². The quantitative estimate of drug-likeness (QED) is 0.588. The number of aromatic nitrogens is 3. The van der Waals surface area contributed by atoms with E-state index in [9.17, 15) is 9.59 Å². The molecule has 8 heteroatoms. The minimum Gasteiger partial charge on any atom is -0.466 e. The average molecular weight is 312 g/mol. The van der Waals surface area contributed by atoms with Gasteiger partial charge in [0.05, 0.1) is 11.9 Å². The van der Waals surface area contributed by atoms with Crippen LogP contribution in [0.1, 0.15) is 32.5 Å². The molecule has 2 rings (SSSR count). The maximum Gasteiger partial charge on any atom is 0.313 e. The molecule has 0 saturated heterocycles. The minimum absolute atomic E-state index is 0.0115. The molecule has 1 saturated carbocycles. The fraction of sp³-hybridized carbons (Fsp3) is 0.692. The lowest BCUT2D eigenvalue weighted by molar-refractivity contribution is -0.142. The van der Waals surface area contributed by atoms with Crippen molar-refractivity contribution in [2.24, 2.45) is 7.05 Å². The number of esters is 1. The summed E-state index contributed by atoms with van der Waals surface area (Å²) in [6.07, 6.45) is 2.22. The molecule has 0 spiro atoms. The topological polar surface area (TPSA) is 86.1 Å². The highest BCUT2D eigenvalue weighted by Crippen LogP contribution is 2.24. The molecule has 1 N–H and O–H groups in total. The Labute approximate surface area is 127 Å². The number of carbonyl (C=O) groups excluding carboxylic acids is 2. The van der Waals surface area contributed by atoms with Crippen LogP contribution < -0.4 is 5.32 Å². The molecule has 1 amide bonds. The van der Waals surface area contributed by atoms with E-state index in [2.05, 4.69) is 15.5 Å². The third-order valence-corrected chi connectivity index (χ3v) is 4.24. The highest BCUT2D eigenvalue weighted by Gasteiger charge is 2.27. The van der Waals surface area contributed by atoms with Gasteiger partial charge in [-0.2, -0.15) is 0 Å². The third kappa shape index (κ3) is 4.45. The molecule has 1 aromatic heterocycles. The van der Waals surface area contributed by atoms with Crippen molar-refractivity contribution < 1.29 is 14.3 Å². The van der Waals surface area contributed by atoms with E-state index in [-0.39, 0.29) is 23.5 Å². The summed E-state index contributed by atoms with van der Waals surface area (Å²) in [7, 11) is 1.78. The largest absolute Gasteiger partial charge is 0.466 e. The Morgan fingerprint density at radius 2 is 2.19 bits per heavy atom. The molecule has 0 bridgehead atoms. The van der Waals surface area contributed by atoms with Crippen LogP contribution in [0.2, 0.25) is 0 Å². The summed E-state index contributed by atoms with van der Waals surface area (Å²) in [6, 6.07) is 0.347. The van der Waals surface area contributed by atoms with Crippen molar-refractivity contribution in [3.8, 4) is 0 Å². The Hall–Kier alpha value is -1.57. The van der Waals surface area contributed by atoms with Gasteiger partial charge in [0, 0.05) is 13.1 Å². The zero-order valence-electron chi connectivity index (χ0n) is 12.5. The van der Waals surface area contributed by atoms with Gasteiger partial charge in [-0.15, -0.1) is 10.2 Å². The zero-order chi connectivity index (χ0) is 15.4. The van der Waals surface area contributed by atoms with Gasteiger partial charge in [0.2, 0.25) is 5.91 Å². The van der Waals surface area contributed by atoms with Crippen LogP contribution in [0, 0.1) is 0 Å². The standard InChI is InChI=1S/C13H20N4O3S/c1-4-20-11(18)7-10-15-16-13(17(10)3)21-8(2)12(19)14-9-5-6-9/h8-9H,4-7H2,1-3H3,(H,14,19)/t8-/m0/s1. The molecular formula is C13H20N4O3S. The molecule has 0 aromatic carbocycles. The minimum atomic E-state index is -0.330. The molecule has 0 aliphatic heterocycles. The summed E-state index contributed by atoms with van der Waals surface area (Å²) in [4.78, 5) is 23.4. The number of thioether (sulfide) groups is 1. The van der Waals surface area contributed by atoms with Crippen molar-refractivity contribution in [2.45, 2.75) is 49.6 Å². The van der Waals surface area contributed by atoms with E-state index in [1.54, 1.807) is 18.5 Å². The van der Waals surface area contributed by atoms with Gasteiger partial charge in [0.25, 0.3) is 0 Å². The Morgan fingerprint density at radius 1 is 1.48 bits per heavy atom. The van der Waals surface area contributed by atoms with Gasteiger partial charge in [-0.3, -0.25) is 9.59 Å². The first kappa shape index (κ1) is 15.8. The lowest BCUT2D eigenvalue weighted by Crippen LogP contribution is -2.32. The summed E-state index contributed by atoms with van der Waals surface area (Å²) < 4.78 is 6.61. The van der Waals surface area contributed by atoms with Crippen LogP contribution in [-0.2, 0) is 27.8 Å². The smallest absolute Gasteiger partial charge is 0.313 e. The molecule has 1 atom stereocenters. The van der Waals surface area contributed by atoms with Crippen molar-refractivity contribution in [2.75, 3.05) is 6.61 Å². The van der Waals surface area contributed by atoms with Gasteiger partial charge in [-0.1, -0.05) is 11.8 Å². The van der Waals surface area contributed by atoms with Crippen LogP contribution in [0.25, 0.3) is 0 Å². The van der Waals surface area contributed by atoms with E-state index in [0.29, 0.717) is 23.6 Å².